The predicted molar refractivity (Wildman–Crippen MR) is 76.8 cm³/mol. The standard InChI is InChI=1S/C15H20N2O4/c18-13(10-21-12-6-8-16-9-7-12)17-14(15(19)20)11-4-2-1-3-5-11/h1-5,12,14,16H,6-10H2,(H,17,18)(H,19,20)/t14-/m1/s1. The molecule has 1 heterocycles. The molecule has 0 aliphatic carbocycles. The summed E-state index contributed by atoms with van der Waals surface area (Å²) in [6.45, 7) is 1.66. The first-order valence-corrected chi connectivity index (χ1v) is 7.06. The lowest BCUT2D eigenvalue weighted by Gasteiger charge is -2.23. The zero-order valence-electron chi connectivity index (χ0n) is 11.7. The van der Waals surface area contributed by atoms with Crippen molar-refractivity contribution in [3.63, 3.8) is 0 Å². The van der Waals surface area contributed by atoms with Gasteiger partial charge in [-0.15, -0.1) is 0 Å². The highest BCUT2D eigenvalue weighted by Gasteiger charge is 2.22. The molecule has 0 bridgehead atoms. The Labute approximate surface area is 123 Å². The molecule has 0 radical (unpaired) electrons. The van der Waals surface area contributed by atoms with E-state index >= 15 is 0 Å². The van der Waals surface area contributed by atoms with E-state index < -0.39 is 17.9 Å². The average Bonchev–Trinajstić information content (AvgIpc) is 2.52. The second kappa shape index (κ2) is 7.75. The van der Waals surface area contributed by atoms with E-state index in [2.05, 4.69) is 10.6 Å². The molecule has 0 aromatic heterocycles. The number of carboxylic acids is 1. The SMILES string of the molecule is O=C(COC1CCNCC1)N[C@@H](C(=O)O)c1ccccc1. The van der Waals surface area contributed by atoms with Crippen LogP contribution in [-0.2, 0) is 14.3 Å². The van der Waals surface area contributed by atoms with Crippen LogP contribution in [0.5, 0.6) is 0 Å². The van der Waals surface area contributed by atoms with Gasteiger partial charge in [-0.25, -0.2) is 4.79 Å². The third-order valence-electron chi connectivity index (χ3n) is 3.42. The van der Waals surface area contributed by atoms with Crippen molar-refractivity contribution in [1.82, 2.24) is 10.6 Å². The fraction of sp³-hybridized carbons (Fsp3) is 0.467. The van der Waals surface area contributed by atoms with Crippen molar-refractivity contribution < 1.29 is 19.4 Å². The fourth-order valence-corrected chi connectivity index (χ4v) is 2.29. The van der Waals surface area contributed by atoms with Gasteiger partial charge in [0.2, 0.25) is 5.91 Å². The Morgan fingerprint density at radius 1 is 1.29 bits per heavy atom. The number of aliphatic carboxylic acids is 1. The number of amides is 1. The summed E-state index contributed by atoms with van der Waals surface area (Å²) in [6.07, 6.45) is 1.81. The van der Waals surface area contributed by atoms with Gasteiger partial charge in [-0.3, -0.25) is 4.79 Å². The van der Waals surface area contributed by atoms with E-state index in [1.165, 1.54) is 0 Å². The van der Waals surface area contributed by atoms with Crippen molar-refractivity contribution in [2.75, 3.05) is 19.7 Å². The van der Waals surface area contributed by atoms with Crippen molar-refractivity contribution in [3.8, 4) is 0 Å². The van der Waals surface area contributed by atoms with Crippen LogP contribution in [0.3, 0.4) is 0 Å². The molecule has 6 nitrogen and oxygen atoms in total. The normalized spacial score (nSPS) is 17.1. The minimum atomic E-state index is -1.09. The molecule has 21 heavy (non-hydrogen) atoms. The second-order valence-electron chi connectivity index (χ2n) is 5.01. The smallest absolute Gasteiger partial charge is 0.330 e. The Bertz CT molecular complexity index is 472. The topological polar surface area (TPSA) is 87.7 Å². The average molecular weight is 292 g/mol. The van der Waals surface area contributed by atoms with E-state index in [9.17, 15) is 14.7 Å². The van der Waals surface area contributed by atoms with Gasteiger partial charge in [0, 0.05) is 0 Å². The van der Waals surface area contributed by atoms with Gasteiger partial charge in [-0.2, -0.15) is 0 Å². The summed E-state index contributed by atoms with van der Waals surface area (Å²) in [4.78, 5) is 23.1. The molecule has 1 aliphatic heterocycles. The molecule has 0 unspecified atom stereocenters. The van der Waals surface area contributed by atoms with Gasteiger partial charge in [-0.05, 0) is 31.5 Å². The van der Waals surface area contributed by atoms with Gasteiger partial charge in [-0.1, -0.05) is 30.3 Å². The Hall–Kier alpha value is -1.92. The molecule has 2 rings (SSSR count). The number of carboxylic acid groups (broad SMARTS) is 1. The Morgan fingerprint density at radius 3 is 2.57 bits per heavy atom. The van der Waals surface area contributed by atoms with Gasteiger partial charge in [0.15, 0.2) is 6.04 Å². The third kappa shape index (κ3) is 4.84. The van der Waals surface area contributed by atoms with Gasteiger partial charge in [0.1, 0.15) is 6.61 Å². The van der Waals surface area contributed by atoms with Gasteiger partial charge < -0.3 is 20.5 Å². The van der Waals surface area contributed by atoms with E-state index in [1.807, 2.05) is 0 Å². The molecule has 1 fully saturated rings. The first-order valence-electron chi connectivity index (χ1n) is 7.06. The highest BCUT2D eigenvalue weighted by molar-refractivity contribution is 5.85. The van der Waals surface area contributed by atoms with Crippen molar-refractivity contribution in [1.29, 1.82) is 0 Å². The summed E-state index contributed by atoms with van der Waals surface area (Å²) in [5.74, 6) is -1.50. The monoisotopic (exact) mass is 292 g/mol. The highest BCUT2D eigenvalue weighted by atomic mass is 16.5. The second-order valence-corrected chi connectivity index (χ2v) is 5.01. The maximum absolute atomic E-state index is 11.9. The summed E-state index contributed by atoms with van der Waals surface area (Å²) < 4.78 is 5.52. The lowest BCUT2D eigenvalue weighted by molar-refractivity contribution is -0.143. The molecule has 1 aliphatic rings. The lowest BCUT2D eigenvalue weighted by atomic mass is 10.1. The van der Waals surface area contributed by atoms with Crippen molar-refractivity contribution in [2.24, 2.45) is 0 Å². The molecule has 1 atom stereocenters. The molecule has 1 aromatic carbocycles. The molecular weight excluding hydrogens is 272 g/mol. The minimum absolute atomic E-state index is 0.0667. The molecule has 1 aromatic rings. The quantitative estimate of drug-likeness (QED) is 0.718. The Kier molecular flexibility index (Phi) is 5.71. The Balaban J connectivity index is 1.85. The molecular formula is C15H20N2O4. The van der Waals surface area contributed by atoms with Gasteiger partial charge in [0.25, 0.3) is 0 Å². The molecule has 1 amide bonds. The van der Waals surface area contributed by atoms with E-state index in [-0.39, 0.29) is 12.7 Å². The van der Waals surface area contributed by atoms with Crippen LogP contribution in [0.4, 0.5) is 0 Å². The number of nitrogens with one attached hydrogen (secondary N) is 2. The lowest BCUT2D eigenvalue weighted by Crippen LogP contribution is -2.38. The third-order valence-corrected chi connectivity index (χ3v) is 3.42. The molecule has 1 saturated heterocycles. The van der Waals surface area contributed by atoms with Crippen LogP contribution in [0.25, 0.3) is 0 Å². The van der Waals surface area contributed by atoms with Crippen LogP contribution in [0, 0.1) is 0 Å². The largest absolute Gasteiger partial charge is 0.479 e. The maximum Gasteiger partial charge on any atom is 0.330 e. The van der Waals surface area contributed by atoms with Crippen LogP contribution in [0.2, 0.25) is 0 Å². The van der Waals surface area contributed by atoms with Gasteiger partial charge in [0.05, 0.1) is 6.10 Å². The summed E-state index contributed by atoms with van der Waals surface area (Å²) in [5.41, 5.74) is 0.542. The van der Waals surface area contributed by atoms with Crippen molar-refractivity contribution >= 4 is 11.9 Å². The number of piperidine rings is 1. The fourth-order valence-electron chi connectivity index (χ4n) is 2.29. The van der Waals surface area contributed by atoms with E-state index in [0.717, 1.165) is 25.9 Å². The number of carbonyl (C=O) groups is 2. The van der Waals surface area contributed by atoms with Crippen LogP contribution in [-0.4, -0.2) is 42.8 Å². The number of benzene rings is 1. The molecule has 6 heteroatoms. The van der Waals surface area contributed by atoms with Crippen LogP contribution in [0.15, 0.2) is 30.3 Å². The van der Waals surface area contributed by atoms with Crippen molar-refractivity contribution in [2.45, 2.75) is 25.0 Å². The summed E-state index contributed by atoms with van der Waals surface area (Å²) in [7, 11) is 0. The van der Waals surface area contributed by atoms with Crippen LogP contribution in [0.1, 0.15) is 24.4 Å². The summed E-state index contributed by atoms with van der Waals surface area (Å²) in [5, 5.41) is 14.9. The first kappa shape index (κ1) is 15.5. The molecule has 3 N–H and O–H groups in total. The first-order chi connectivity index (χ1) is 10.2. The minimum Gasteiger partial charge on any atom is -0.479 e. The van der Waals surface area contributed by atoms with Crippen molar-refractivity contribution in [3.05, 3.63) is 35.9 Å². The van der Waals surface area contributed by atoms with Crippen LogP contribution >= 0.6 is 0 Å². The predicted octanol–water partition coefficient (Wildman–Crippen LogP) is 0.697. The number of hydrogen-bond acceptors (Lipinski definition) is 4. The summed E-state index contributed by atoms with van der Waals surface area (Å²) >= 11 is 0. The maximum atomic E-state index is 11.9. The zero-order valence-corrected chi connectivity index (χ0v) is 11.7. The number of ether oxygens (including phenoxy) is 1. The molecule has 0 spiro atoms. The number of rotatable bonds is 6. The highest BCUT2D eigenvalue weighted by Crippen LogP contribution is 2.13. The number of carbonyl (C=O) groups excluding carboxylic acids is 1. The Morgan fingerprint density at radius 2 is 1.95 bits per heavy atom. The van der Waals surface area contributed by atoms with E-state index in [4.69, 9.17) is 4.74 Å². The van der Waals surface area contributed by atoms with E-state index in [1.54, 1.807) is 30.3 Å². The van der Waals surface area contributed by atoms with E-state index in [0.29, 0.717) is 5.56 Å². The molecule has 114 valence electrons. The van der Waals surface area contributed by atoms with Crippen LogP contribution < -0.4 is 10.6 Å². The summed E-state index contributed by atoms with van der Waals surface area (Å²) in [6, 6.07) is 7.57. The number of hydrogen-bond donors (Lipinski definition) is 3. The van der Waals surface area contributed by atoms with Gasteiger partial charge >= 0.3 is 5.97 Å². The molecule has 0 saturated carbocycles. The zero-order chi connectivity index (χ0) is 15.1.